The van der Waals surface area contributed by atoms with Crippen molar-refractivity contribution in [2.24, 2.45) is 5.73 Å². The van der Waals surface area contributed by atoms with Crippen LogP contribution in [0.4, 0.5) is 0 Å². The van der Waals surface area contributed by atoms with Gasteiger partial charge in [0.1, 0.15) is 12.2 Å². The molecule has 0 saturated carbocycles. The summed E-state index contributed by atoms with van der Waals surface area (Å²) in [6.07, 6.45) is 2.07. The first-order chi connectivity index (χ1) is 6.40. The third-order valence-electron chi connectivity index (χ3n) is 1.98. The van der Waals surface area contributed by atoms with Crippen LogP contribution < -0.4 is 5.73 Å². The Bertz CT molecular complexity index is 210. The molecule has 0 aromatic heterocycles. The fraction of sp³-hybridized carbons (Fsp3) is 0.800. The fourth-order valence-corrected chi connectivity index (χ4v) is 1.20. The van der Waals surface area contributed by atoms with E-state index in [1.165, 1.54) is 6.26 Å². The molecule has 0 bridgehead atoms. The normalized spacial score (nSPS) is 28.9. The predicted octanol–water partition coefficient (Wildman–Crippen LogP) is 0.402. The summed E-state index contributed by atoms with van der Waals surface area (Å²) in [4.78, 5) is 0. The van der Waals surface area contributed by atoms with Crippen LogP contribution in [0.1, 0.15) is 20.8 Å². The molecule has 1 aliphatic heterocycles. The van der Waals surface area contributed by atoms with E-state index in [1.807, 2.05) is 20.8 Å². The average Bonchev–Trinajstić information content (AvgIpc) is 2.46. The van der Waals surface area contributed by atoms with Crippen LogP contribution >= 0.6 is 0 Å². The van der Waals surface area contributed by atoms with Crippen molar-refractivity contribution in [3.63, 3.8) is 0 Å². The number of aliphatic hydroxyl groups is 1. The zero-order chi connectivity index (χ0) is 10.8. The molecule has 0 spiro atoms. The zero-order valence-corrected chi connectivity index (χ0v) is 8.93. The van der Waals surface area contributed by atoms with Crippen LogP contribution in [0, 0.1) is 0 Å². The molecule has 1 aliphatic rings. The molecule has 1 rings (SSSR count). The van der Waals surface area contributed by atoms with Gasteiger partial charge in [0.25, 0.3) is 0 Å². The number of rotatable bonds is 3. The quantitative estimate of drug-likeness (QED) is 0.694. The Morgan fingerprint density at radius 3 is 2.64 bits per heavy atom. The van der Waals surface area contributed by atoms with E-state index in [-0.39, 0.29) is 17.7 Å². The molecule has 0 saturated heterocycles. The molecule has 0 aliphatic carbocycles. The lowest BCUT2D eigenvalue weighted by Crippen LogP contribution is -2.45. The van der Waals surface area contributed by atoms with Gasteiger partial charge in [-0.2, -0.15) is 0 Å². The molecule has 0 unspecified atom stereocenters. The molecule has 14 heavy (non-hydrogen) atoms. The summed E-state index contributed by atoms with van der Waals surface area (Å²) in [7, 11) is 0. The fourth-order valence-electron chi connectivity index (χ4n) is 1.20. The SMILES string of the molecule is CC(C)(C)OC[C@@H](N)[C@@H]1OC=C[C@@H]1O. The van der Waals surface area contributed by atoms with Gasteiger partial charge in [-0.25, -0.2) is 0 Å². The summed E-state index contributed by atoms with van der Waals surface area (Å²) in [6.45, 7) is 6.27. The van der Waals surface area contributed by atoms with Gasteiger partial charge in [0, 0.05) is 0 Å². The third-order valence-corrected chi connectivity index (χ3v) is 1.98. The Labute approximate surface area is 84.7 Å². The van der Waals surface area contributed by atoms with Crippen molar-refractivity contribution >= 4 is 0 Å². The summed E-state index contributed by atoms with van der Waals surface area (Å²) < 4.78 is 10.7. The Balaban J connectivity index is 2.32. The lowest BCUT2D eigenvalue weighted by atomic mass is 10.1. The van der Waals surface area contributed by atoms with E-state index >= 15 is 0 Å². The van der Waals surface area contributed by atoms with Gasteiger partial charge in [-0.3, -0.25) is 0 Å². The Hall–Kier alpha value is -0.580. The van der Waals surface area contributed by atoms with E-state index in [9.17, 15) is 5.11 Å². The highest BCUT2D eigenvalue weighted by Gasteiger charge is 2.29. The Kier molecular flexibility index (Phi) is 3.53. The van der Waals surface area contributed by atoms with E-state index in [1.54, 1.807) is 6.08 Å². The molecular formula is C10H19NO3. The first kappa shape index (κ1) is 11.5. The molecule has 3 atom stereocenters. The minimum Gasteiger partial charge on any atom is -0.493 e. The molecule has 82 valence electrons. The lowest BCUT2D eigenvalue weighted by Gasteiger charge is -2.26. The van der Waals surface area contributed by atoms with Gasteiger partial charge in [0.05, 0.1) is 24.5 Å². The van der Waals surface area contributed by atoms with Gasteiger partial charge in [-0.05, 0) is 26.8 Å². The number of hydrogen-bond acceptors (Lipinski definition) is 4. The lowest BCUT2D eigenvalue weighted by molar-refractivity contribution is -0.0414. The van der Waals surface area contributed by atoms with Crippen LogP contribution in [0.3, 0.4) is 0 Å². The highest BCUT2D eigenvalue weighted by Crippen LogP contribution is 2.15. The van der Waals surface area contributed by atoms with Crippen molar-refractivity contribution in [1.29, 1.82) is 0 Å². The summed E-state index contributed by atoms with van der Waals surface area (Å²) in [6, 6.07) is -0.306. The highest BCUT2D eigenvalue weighted by molar-refractivity contribution is 5.00. The van der Waals surface area contributed by atoms with Gasteiger partial charge in [-0.1, -0.05) is 0 Å². The monoisotopic (exact) mass is 201 g/mol. The van der Waals surface area contributed by atoms with Crippen molar-refractivity contribution in [2.75, 3.05) is 6.61 Å². The first-order valence-electron chi connectivity index (χ1n) is 4.80. The van der Waals surface area contributed by atoms with E-state index in [4.69, 9.17) is 15.2 Å². The van der Waals surface area contributed by atoms with Crippen molar-refractivity contribution in [1.82, 2.24) is 0 Å². The Morgan fingerprint density at radius 1 is 1.57 bits per heavy atom. The second kappa shape index (κ2) is 4.29. The molecule has 3 N–H and O–H groups in total. The number of aliphatic hydroxyl groups excluding tert-OH is 1. The van der Waals surface area contributed by atoms with Crippen molar-refractivity contribution in [3.8, 4) is 0 Å². The van der Waals surface area contributed by atoms with Crippen LogP contribution in [0.15, 0.2) is 12.3 Å². The minimum atomic E-state index is -0.617. The standard InChI is InChI=1S/C10H19NO3/c1-10(2,3)14-6-7(11)9-8(12)4-5-13-9/h4-5,7-9,12H,6,11H2,1-3H3/t7-,8+,9+/m1/s1. The number of ether oxygens (including phenoxy) is 2. The van der Waals surface area contributed by atoms with Crippen LogP contribution in [-0.2, 0) is 9.47 Å². The van der Waals surface area contributed by atoms with E-state index in [0.29, 0.717) is 6.61 Å². The van der Waals surface area contributed by atoms with E-state index in [0.717, 1.165) is 0 Å². The zero-order valence-electron chi connectivity index (χ0n) is 8.93. The van der Waals surface area contributed by atoms with Crippen molar-refractivity contribution < 1.29 is 14.6 Å². The maximum absolute atomic E-state index is 9.44. The molecular weight excluding hydrogens is 182 g/mol. The summed E-state index contributed by atoms with van der Waals surface area (Å²) >= 11 is 0. The molecule has 0 amide bonds. The average molecular weight is 201 g/mol. The van der Waals surface area contributed by atoms with E-state index in [2.05, 4.69) is 0 Å². The van der Waals surface area contributed by atoms with Gasteiger partial charge in [0.2, 0.25) is 0 Å². The van der Waals surface area contributed by atoms with E-state index < -0.39 is 6.10 Å². The van der Waals surface area contributed by atoms with Crippen molar-refractivity contribution in [3.05, 3.63) is 12.3 Å². The highest BCUT2D eigenvalue weighted by atomic mass is 16.5. The van der Waals surface area contributed by atoms with Crippen molar-refractivity contribution in [2.45, 2.75) is 44.6 Å². The van der Waals surface area contributed by atoms with Gasteiger partial charge < -0.3 is 20.3 Å². The largest absolute Gasteiger partial charge is 0.493 e. The number of nitrogens with two attached hydrogens (primary N) is 1. The molecule has 0 fully saturated rings. The maximum atomic E-state index is 9.44. The second-order valence-electron chi connectivity index (χ2n) is 4.51. The maximum Gasteiger partial charge on any atom is 0.144 e. The summed E-state index contributed by atoms with van der Waals surface area (Å²) in [5, 5.41) is 9.44. The molecule has 0 radical (unpaired) electrons. The van der Waals surface area contributed by atoms with Gasteiger partial charge >= 0.3 is 0 Å². The molecule has 4 heteroatoms. The molecule has 0 aromatic rings. The van der Waals surface area contributed by atoms with Gasteiger partial charge in [-0.15, -0.1) is 0 Å². The topological polar surface area (TPSA) is 64.7 Å². The second-order valence-corrected chi connectivity index (χ2v) is 4.51. The molecule has 0 aromatic carbocycles. The minimum absolute atomic E-state index is 0.214. The Morgan fingerprint density at radius 2 is 2.21 bits per heavy atom. The van der Waals surface area contributed by atoms with Crippen LogP contribution in [0.5, 0.6) is 0 Å². The third kappa shape index (κ3) is 3.29. The smallest absolute Gasteiger partial charge is 0.144 e. The first-order valence-corrected chi connectivity index (χ1v) is 4.80. The van der Waals surface area contributed by atoms with Crippen LogP contribution in [-0.4, -0.2) is 35.6 Å². The molecule has 1 heterocycles. The summed E-state index contributed by atoms with van der Waals surface area (Å²) in [5.74, 6) is 0. The summed E-state index contributed by atoms with van der Waals surface area (Å²) in [5.41, 5.74) is 5.61. The number of hydrogen-bond donors (Lipinski definition) is 2. The predicted molar refractivity (Wildman–Crippen MR) is 53.7 cm³/mol. The van der Waals surface area contributed by atoms with Crippen LogP contribution in [0.25, 0.3) is 0 Å². The van der Waals surface area contributed by atoms with Gasteiger partial charge in [0.15, 0.2) is 0 Å². The van der Waals surface area contributed by atoms with Crippen LogP contribution in [0.2, 0.25) is 0 Å². The molecule has 4 nitrogen and oxygen atoms in total.